The van der Waals surface area contributed by atoms with Gasteiger partial charge in [-0.25, -0.2) is 4.79 Å². The topological polar surface area (TPSA) is 76.7 Å². The van der Waals surface area contributed by atoms with Crippen molar-refractivity contribution < 1.29 is 19.1 Å². The van der Waals surface area contributed by atoms with E-state index in [4.69, 9.17) is 9.47 Å². The molecule has 0 bridgehead atoms. The lowest BCUT2D eigenvalue weighted by Crippen LogP contribution is -2.56. The van der Waals surface area contributed by atoms with Crippen LogP contribution < -0.4 is 10.6 Å². The Balaban J connectivity index is 1.78. The van der Waals surface area contributed by atoms with Crippen molar-refractivity contribution in [2.45, 2.75) is 83.5 Å². The summed E-state index contributed by atoms with van der Waals surface area (Å²) in [6.45, 7) is 7.93. The molecule has 6 nitrogen and oxygen atoms in total. The van der Waals surface area contributed by atoms with Gasteiger partial charge >= 0.3 is 6.09 Å². The standard InChI is InChI=1S/C18H32N2O4/c1-17(2,3)24-16(22)19-12-18(4,13-9-10-13)20-15(21)11-23-14-7-5-6-8-14/h13-14H,5-12H2,1-4H3,(H,19,22)(H,20,21). The Hall–Kier alpha value is -1.30. The second-order valence-electron chi connectivity index (χ2n) is 8.31. The second kappa shape index (κ2) is 7.72. The molecule has 2 saturated carbocycles. The molecule has 2 amide bonds. The van der Waals surface area contributed by atoms with Crippen molar-refractivity contribution in [3.05, 3.63) is 0 Å². The van der Waals surface area contributed by atoms with E-state index in [1.807, 2.05) is 27.7 Å². The maximum absolute atomic E-state index is 12.2. The first-order chi connectivity index (χ1) is 11.2. The van der Waals surface area contributed by atoms with E-state index in [0.717, 1.165) is 25.7 Å². The van der Waals surface area contributed by atoms with E-state index < -0.39 is 17.2 Å². The van der Waals surface area contributed by atoms with Crippen LogP contribution in [0.15, 0.2) is 0 Å². The minimum Gasteiger partial charge on any atom is -0.444 e. The summed E-state index contributed by atoms with van der Waals surface area (Å²) in [5.74, 6) is 0.283. The highest BCUT2D eigenvalue weighted by atomic mass is 16.6. The van der Waals surface area contributed by atoms with Gasteiger partial charge in [-0.1, -0.05) is 12.8 Å². The molecule has 0 aliphatic heterocycles. The molecule has 0 aromatic carbocycles. The third-order valence-electron chi connectivity index (χ3n) is 4.65. The maximum Gasteiger partial charge on any atom is 0.407 e. The zero-order valence-electron chi connectivity index (χ0n) is 15.4. The van der Waals surface area contributed by atoms with Crippen molar-refractivity contribution in [2.75, 3.05) is 13.2 Å². The summed E-state index contributed by atoms with van der Waals surface area (Å²) in [6.07, 6.45) is 6.37. The molecule has 2 aliphatic rings. The van der Waals surface area contributed by atoms with Crippen LogP contribution in [0.5, 0.6) is 0 Å². The number of carbonyl (C=O) groups is 2. The van der Waals surface area contributed by atoms with Crippen LogP contribution in [0.2, 0.25) is 0 Å². The average molecular weight is 340 g/mol. The Morgan fingerprint density at radius 3 is 2.21 bits per heavy atom. The van der Waals surface area contributed by atoms with Crippen LogP contribution in [0.4, 0.5) is 4.79 Å². The number of rotatable bonds is 7. The molecular weight excluding hydrogens is 308 g/mol. The number of hydrogen-bond donors (Lipinski definition) is 2. The van der Waals surface area contributed by atoms with E-state index in [1.54, 1.807) is 0 Å². The van der Waals surface area contributed by atoms with Gasteiger partial charge in [-0.3, -0.25) is 4.79 Å². The van der Waals surface area contributed by atoms with Crippen molar-refractivity contribution in [1.29, 1.82) is 0 Å². The van der Waals surface area contributed by atoms with Gasteiger partial charge in [0.25, 0.3) is 0 Å². The highest BCUT2D eigenvalue weighted by Crippen LogP contribution is 2.39. The van der Waals surface area contributed by atoms with Crippen LogP contribution in [-0.2, 0) is 14.3 Å². The van der Waals surface area contributed by atoms with Gasteiger partial charge in [0.1, 0.15) is 12.2 Å². The number of alkyl carbamates (subject to hydrolysis) is 1. The zero-order valence-corrected chi connectivity index (χ0v) is 15.4. The summed E-state index contributed by atoms with van der Waals surface area (Å²) in [6, 6.07) is 0. The third-order valence-corrected chi connectivity index (χ3v) is 4.65. The van der Waals surface area contributed by atoms with Crippen LogP contribution in [-0.4, -0.2) is 42.4 Å². The van der Waals surface area contributed by atoms with E-state index in [0.29, 0.717) is 12.5 Å². The molecule has 2 fully saturated rings. The molecule has 1 unspecified atom stereocenters. The Bertz CT molecular complexity index is 450. The molecule has 6 heteroatoms. The van der Waals surface area contributed by atoms with Crippen LogP contribution in [0.25, 0.3) is 0 Å². The van der Waals surface area contributed by atoms with Crippen molar-refractivity contribution in [1.82, 2.24) is 10.6 Å². The fraction of sp³-hybridized carbons (Fsp3) is 0.889. The largest absolute Gasteiger partial charge is 0.444 e. The second-order valence-corrected chi connectivity index (χ2v) is 8.31. The fourth-order valence-corrected chi connectivity index (χ4v) is 3.18. The predicted molar refractivity (Wildman–Crippen MR) is 91.7 cm³/mol. The van der Waals surface area contributed by atoms with E-state index in [1.165, 1.54) is 12.8 Å². The monoisotopic (exact) mass is 340 g/mol. The lowest BCUT2D eigenvalue weighted by Gasteiger charge is -2.32. The number of ether oxygens (including phenoxy) is 2. The molecule has 2 rings (SSSR count). The Morgan fingerprint density at radius 1 is 1.04 bits per heavy atom. The maximum atomic E-state index is 12.2. The summed E-state index contributed by atoms with van der Waals surface area (Å²) in [5.41, 5.74) is -0.981. The first-order valence-electron chi connectivity index (χ1n) is 9.07. The van der Waals surface area contributed by atoms with Gasteiger partial charge in [0, 0.05) is 6.54 Å². The average Bonchev–Trinajstić information content (AvgIpc) is 3.20. The van der Waals surface area contributed by atoms with Crippen LogP contribution in [0.1, 0.15) is 66.2 Å². The molecule has 138 valence electrons. The lowest BCUT2D eigenvalue weighted by atomic mass is 9.95. The van der Waals surface area contributed by atoms with Gasteiger partial charge in [-0.05, 0) is 59.3 Å². The lowest BCUT2D eigenvalue weighted by molar-refractivity contribution is -0.129. The van der Waals surface area contributed by atoms with Crippen molar-refractivity contribution in [3.8, 4) is 0 Å². The Labute approximate surface area is 145 Å². The minimum absolute atomic E-state index is 0.0966. The van der Waals surface area contributed by atoms with Gasteiger partial charge in [-0.2, -0.15) is 0 Å². The number of hydrogen-bond acceptors (Lipinski definition) is 4. The molecule has 2 aliphatic carbocycles. The molecule has 2 N–H and O–H groups in total. The first kappa shape index (κ1) is 19.0. The van der Waals surface area contributed by atoms with Crippen LogP contribution in [0.3, 0.4) is 0 Å². The van der Waals surface area contributed by atoms with E-state index in [9.17, 15) is 9.59 Å². The molecule has 0 saturated heterocycles. The molecule has 24 heavy (non-hydrogen) atoms. The minimum atomic E-state index is -0.529. The van der Waals surface area contributed by atoms with Gasteiger partial charge in [0.2, 0.25) is 5.91 Å². The number of carbonyl (C=O) groups excluding carboxylic acids is 2. The molecule has 0 aromatic heterocycles. The molecule has 0 spiro atoms. The highest BCUT2D eigenvalue weighted by molar-refractivity contribution is 5.78. The summed E-state index contributed by atoms with van der Waals surface area (Å²) < 4.78 is 10.9. The Kier molecular flexibility index (Phi) is 6.12. The van der Waals surface area contributed by atoms with Gasteiger partial charge < -0.3 is 20.1 Å². The van der Waals surface area contributed by atoms with Gasteiger partial charge in [0.15, 0.2) is 0 Å². The normalized spacial score (nSPS) is 21.2. The molecule has 0 heterocycles. The van der Waals surface area contributed by atoms with E-state index >= 15 is 0 Å². The summed E-state index contributed by atoms with van der Waals surface area (Å²) >= 11 is 0. The molecule has 0 radical (unpaired) electrons. The molecule has 0 aromatic rings. The van der Waals surface area contributed by atoms with Crippen molar-refractivity contribution in [3.63, 3.8) is 0 Å². The van der Waals surface area contributed by atoms with Crippen LogP contribution in [0, 0.1) is 5.92 Å². The van der Waals surface area contributed by atoms with E-state index in [-0.39, 0.29) is 18.6 Å². The van der Waals surface area contributed by atoms with Gasteiger partial charge in [-0.15, -0.1) is 0 Å². The fourth-order valence-electron chi connectivity index (χ4n) is 3.18. The zero-order chi connectivity index (χ0) is 17.8. The Morgan fingerprint density at radius 2 is 1.67 bits per heavy atom. The first-order valence-corrected chi connectivity index (χ1v) is 9.07. The summed E-state index contributed by atoms with van der Waals surface area (Å²) in [4.78, 5) is 24.1. The van der Waals surface area contributed by atoms with Crippen molar-refractivity contribution in [2.24, 2.45) is 5.92 Å². The van der Waals surface area contributed by atoms with Gasteiger partial charge in [0.05, 0.1) is 11.6 Å². The summed E-state index contributed by atoms with van der Waals surface area (Å²) in [5, 5.41) is 5.85. The third kappa shape index (κ3) is 6.30. The van der Waals surface area contributed by atoms with E-state index in [2.05, 4.69) is 10.6 Å². The number of amides is 2. The molecule has 1 atom stereocenters. The summed E-state index contributed by atoms with van der Waals surface area (Å²) in [7, 11) is 0. The van der Waals surface area contributed by atoms with Crippen molar-refractivity contribution >= 4 is 12.0 Å². The highest BCUT2D eigenvalue weighted by Gasteiger charge is 2.43. The smallest absolute Gasteiger partial charge is 0.407 e. The molecular formula is C18H32N2O4. The number of nitrogens with one attached hydrogen (secondary N) is 2. The predicted octanol–water partition coefficient (Wildman–Crippen LogP) is 2.76. The SMILES string of the molecule is CC(C)(C)OC(=O)NCC(C)(NC(=O)COC1CCCC1)C1CC1. The van der Waals surface area contributed by atoms with Crippen LogP contribution >= 0.6 is 0 Å². The quantitative estimate of drug-likeness (QED) is 0.747.